The van der Waals surface area contributed by atoms with Crippen LogP contribution in [0.3, 0.4) is 0 Å². The predicted molar refractivity (Wildman–Crippen MR) is 74.5 cm³/mol. The number of aliphatic hydroxyl groups is 1. The number of aliphatic hydroxyl groups excluding tert-OH is 1. The molecule has 1 heterocycles. The van der Waals surface area contributed by atoms with Crippen LogP contribution >= 0.6 is 0 Å². The average Bonchev–Trinajstić information content (AvgIpc) is 3.08. The molecule has 3 N–H and O–H groups in total. The van der Waals surface area contributed by atoms with Crippen molar-refractivity contribution in [3.63, 3.8) is 0 Å². The fourth-order valence-electron chi connectivity index (χ4n) is 2.58. The second kappa shape index (κ2) is 5.53. The Labute approximate surface area is 120 Å². The van der Waals surface area contributed by atoms with E-state index in [-0.39, 0.29) is 11.8 Å². The van der Waals surface area contributed by atoms with E-state index >= 15 is 0 Å². The van der Waals surface area contributed by atoms with Crippen molar-refractivity contribution in [3.8, 4) is 11.4 Å². The Bertz CT molecular complexity index is 706. The molecule has 2 unspecified atom stereocenters. The van der Waals surface area contributed by atoms with Crippen LogP contribution in [0.4, 0.5) is 5.69 Å². The van der Waals surface area contributed by atoms with Gasteiger partial charge >= 0.3 is 5.76 Å². The second-order valence-corrected chi connectivity index (χ2v) is 5.12. The molecule has 21 heavy (non-hydrogen) atoms. The molecule has 110 valence electrons. The summed E-state index contributed by atoms with van der Waals surface area (Å²) in [4.78, 5) is 25.5. The molecule has 7 nitrogen and oxygen atoms in total. The highest BCUT2D eigenvalue weighted by atomic mass is 16.5. The largest absolute Gasteiger partial charge is 0.439 e. The molecule has 7 heteroatoms. The smallest absolute Gasteiger partial charge is 0.392 e. The first kappa shape index (κ1) is 13.6. The number of anilines is 1. The van der Waals surface area contributed by atoms with Gasteiger partial charge in [-0.05, 0) is 31.4 Å². The van der Waals surface area contributed by atoms with Crippen molar-refractivity contribution < 1.29 is 14.4 Å². The van der Waals surface area contributed by atoms with Gasteiger partial charge < -0.3 is 10.4 Å². The molecule has 2 aromatic rings. The molecule has 1 saturated carbocycles. The van der Waals surface area contributed by atoms with Crippen LogP contribution in [0.1, 0.15) is 19.3 Å². The number of aromatic amines is 1. The van der Waals surface area contributed by atoms with Gasteiger partial charge in [0, 0.05) is 11.3 Å². The van der Waals surface area contributed by atoms with Crippen LogP contribution in [-0.4, -0.2) is 27.3 Å². The summed E-state index contributed by atoms with van der Waals surface area (Å²) in [5.41, 5.74) is 1.21. The third-order valence-corrected chi connectivity index (χ3v) is 3.66. The predicted octanol–water partition coefficient (Wildman–Crippen LogP) is 1.13. The molecule has 0 radical (unpaired) electrons. The van der Waals surface area contributed by atoms with E-state index in [2.05, 4.69) is 20.0 Å². The maximum atomic E-state index is 12.1. The van der Waals surface area contributed by atoms with Crippen molar-refractivity contribution in [3.05, 3.63) is 34.8 Å². The summed E-state index contributed by atoms with van der Waals surface area (Å²) in [6.45, 7) is 0. The van der Waals surface area contributed by atoms with E-state index in [1.54, 1.807) is 24.3 Å². The Morgan fingerprint density at radius 2 is 2.29 bits per heavy atom. The second-order valence-electron chi connectivity index (χ2n) is 5.12. The van der Waals surface area contributed by atoms with E-state index in [0.717, 1.165) is 6.42 Å². The molecular formula is C14H15N3O4. The molecule has 3 rings (SSSR count). The van der Waals surface area contributed by atoms with Gasteiger partial charge in [0.1, 0.15) is 0 Å². The van der Waals surface area contributed by atoms with Gasteiger partial charge in [0.15, 0.2) is 5.82 Å². The van der Waals surface area contributed by atoms with Crippen LogP contribution < -0.4 is 11.1 Å². The van der Waals surface area contributed by atoms with E-state index < -0.39 is 11.9 Å². The molecule has 0 aliphatic heterocycles. The minimum atomic E-state index is -0.631. The zero-order valence-corrected chi connectivity index (χ0v) is 11.2. The van der Waals surface area contributed by atoms with Crippen molar-refractivity contribution in [2.45, 2.75) is 25.4 Å². The lowest BCUT2D eigenvalue weighted by Gasteiger charge is -2.14. The normalized spacial score (nSPS) is 21.4. The highest BCUT2D eigenvalue weighted by molar-refractivity contribution is 5.93. The van der Waals surface area contributed by atoms with Crippen molar-refractivity contribution in [1.29, 1.82) is 0 Å². The van der Waals surface area contributed by atoms with Gasteiger partial charge in [-0.15, -0.1) is 0 Å². The number of hydrogen-bond donors (Lipinski definition) is 3. The van der Waals surface area contributed by atoms with E-state index in [0.29, 0.717) is 29.9 Å². The summed E-state index contributed by atoms with van der Waals surface area (Å²) >= 11 is 0. The van der Waals surface area contributed by atoms with Crippen molar-refractivity contribution in [2.24, 2.45) is 5.92 Å². The summed E-state index contributed by atoms with van der Waals surface area (Å²) in [5.74, 6) is -0.878. The number of benzene rings is 1. The highest BCUT2D eigenvalue weighted by Gasteiger charge is 2.31. The summed E-state index contributed by atoms with van der Waals surface area (Å²) < 4.78 is 4.45. The van der Waals surface area contributed by atoms with Crippen LogP contribution in [0.15, 0.2) is 33.6 Å². The van der Waals surface area contributed by atoms with E-state index in [1.807, 2.05) is 0 Å². The zero-order valence-electron chi connectivity index (χ0n) is 11.2. The maximum absolute atomic E-state index is 12.1. The summed E-state index contributed by atoms with van der Waals surface area (Å²) in [6.07, 6.45) is 1.65. The van der Waals surface area contributed by atoms with Crippen LogP contribution in [-0.2, 0) is 4.79 Å². The Balaban J connectivity index is 1.77. The third kappa shape index (κ3) is 2.87. The number of carbonyl (C=O) groups excluding carboxylic acids is 1. The number of amides is 1. The van der Waals surface area contributed by atoms with Crippen LogP contribution in [0.5, 0.6) is 0 Å². The van der Waals surface area contributed by atoms with Crippen LogP contribution in [0, 0.1) is 5.92 Å². The molecule has 1 aromatic heterocycles. The standard InChI is InChI=1S/C14H15N3O4/c18-11-6-2-5-10(11)13(19)15-9-4-1-3-8(7-9)12-16-14(20)21-17-12/h1,3-4,7,10-11,18H,2,5-6H2,(H,15,19)(H,16,17,20). The van der Waals surface area contributed by atoms with Gasteiger partial charge in [0.05, 0.1) is 12.0 Å². The van der Waals surface area contributed by atoms with Gasteiger partial charge in [0.25, 0.3) is 0 Å². The lowest BCUT2D eigenvalue weighted by atomic mass is 10.0. The molecule has 0 spiro atoms. The summed E-state index contributed by atoms with van der Waals surface area (Å²) in [6, 6.07) is 6.91. The fraction of sp³-hybridized carbons (Fsp3) is 0.357. The molecule has 1 aliphatic rings. The molecule has 1 aliphatic carbocycles. The van der Waals surface area contributed by atoms with Crippen molar-refractivity contribution >= 4 is 11.6 Å². The monoisotopic (exact) mass is 289 g/mol. The summed E-state index contributed by atoms with van der Waals surface area (Å²) in [7, 11) is 0. The van der Waals surface area contributed by atoms with Crippen molar-refractivity contribution in [1.82, 2.24) is 10.1 Å². The lowest BCUT2D eigenvalue weighted by Crippen LogP contribution is -2.28. The number of nitrogens with zero attached hydrogens (tertiary/aromatic N) is 1. The number of carbonyl (C=O) groups is 1. The SMILES string of the molecule is O=C(Nc1cccc(-c2noc(=O)[nH]2)c1)C1CCCC1O. The minimum Gasteiger partial charge on any atom is -0.392 e. The quantitative estimate of drug-likeness (QED) is 0.785. The van der Waals surface area contributed by atoms with Crippen LogP contribution in [0.25, 0.3) is 11.4 Å². The molecule has 0 bridgehead atoms. The van der Waals surface area contributed by atoms with E-state index in [1.165, 1.54) is 0 Å². The highest BCUT2D eigenvalue weighted by Crippen LogP contribution is 2.27. The number of rotatable bonds is 3. The molecule has 1 fully saturated rings. The first-order chi connectivity index (χ1) is 10.1. The van der Waals surface area contributed by atoms with E-state index in [9.17, 15) is 14.7 Å². The molecule has 2 atom stereocenters. The fourth-order valence-corrected chi connectivity index (χ4v) is 2.58. The number of aromatic nitrogens is 2. The Morgan fingerprint density at radius 3 is 2.95 bits per heavy atom. The summed E-state index contributed by atoms with van der Waals surface area (Å²) in [5, 5.41) is 16.1. The zero-order chi connectivity index (χ0) is 14.8. The first-order valence-corrected chi connectivity index (χ1v) is 6.79. The molecule has 1 aromatic carbocycles. The van der Waals surface area contributed by atoms with E-state index in [4.69, 9.17) is 0 Å². The lowest BCUT2D eigenvalue weighted by molar-refractivity contribution is -0.122. The van der Waals surface area contributed by atoms with Crippen LogP contribution in [0.2, 0.25) is 0 Å². The number of H-pyrrole nitrogens is 1. The van der Waals surface area contributed by atoms with Crippen molar-refractivity contribution in [2.75, 3.05) is 5.32 Å². The van der Waals surface area contributed by atoms with Gasteiger partial charge in [-0.2, -0.15) is 0 Å². The Morgan fingerprint density at radius 1 is 1.43 bits per heavy atom. The topological polar surface area (TPSA) is 108 Å². The average molecular weight is 289 g/mol. The van der Waals surface area contributed by atoms with Gasteiger partial charge in [-0.25, -0.2) is 4.79 Å². The number of nitrogens with one attached hydrogen (secondary N) is 2. The first-order valence-electron chi connectivity index (χ1n) is 6.79. The molecule has 1 amide bonds. The Kier molecular flexibility index (Phi) is 3.57. The van der Waals surface area contributed by atoms with Gasteiger partial charge in [-0.1, -0.05) is 17.3 Å². The molecular weight excluding hydrogens is 274 g/mol. The number of hydrogen-bond acceptors (Lipinski definition) is 5. The van der Waals surface area contributed by atoms with Gasteiger partial charge in [0.2, 0.25) is 5.91 Å². The molecule has 0 saturated heterocycles. The Hall–Kier alpha value is -2.41. The maximum Gasteiger partial charge on any atom is 0.439 e. The minimum absolute atomic E-state index is 0.189. The third-order valence-electron chi connectivity index (χ3n) is 3.66. The van der Waals surface area contributed by atoms with Gasteiger partial charge in [-0.3, -0.25) is 14.3 Å².